The van der Waals surface area contributed by atoms with E-state index in [1.54, 1.807) is 29.7 Å². The van der Waals surface area contributed by atoms with Crippen LogP contribution in [0.2, 0.25) is 0 Å². The van der Waals surface area contributed by atoms with Gasteiger partial charge in [-0.25, -0.2) is 4.98 Å². The van der Waals surface area contributed by atoms with E-state index in [0.717, 1.165) is 36.6 Å². The molecule has 1 unspecified atom stereocenters. The van der Waals surface area contributed by atoms with Crippen molar-refractivity contribution in [3.05, 3.63) is 40.2 Å². The first-order chi connectivity index (χ1) is 10.1. The third kappa shape index (κ3) is 3.02. The van der Waals surface area contributed by atoms with E-state index in [1.165, 1.54) is 0 Å². The largest absolute Gasteiger partial charge is 0.459 e. The second-order valence-corrected chi connectivity index (χ2v) is 6.72. The van der Waals surface area contributed by atoms with Gasteiger partial charge in [-0.15, -0.1) is 11.3 Å². The Morgan fingerprint density at radius 3 is 3.05 bits per heavy atom. The summed E-state index contributed by atoms with van der Waals surface area (Å²) in [6, 6.07) is 3.48. The van der Waals surface area contributed by atoms with Crippen LogP contribution in [0.1, 0.15) is 59.8 Å². The molecule has 112 valence electrons. The van der Waals surface area contributed by atoms with Crippen LogP contribution in [0.25, 0.3) is 0 Å². The number of hydrogen-bond acceptors (Lipinski definition) is 4. The Hall–Kier alpha value is -1.62. The lowest BCUT2D eigenvalue weighted by atomic mass is 9.98. The fourth-order valence-corrected chi connectivity index (χ4v) is 3.78. The van der Waals surface area contributed by atoms with Crippen molar-refractivity contribution in [1.29, 1.82) is 0 Å². The Morgan fingerprint density at radius 1 is 1.52 bits per heavy atom. The highest BCUT2D eigenvalue weighted by Gasteiger charge is 2.28. The van der Waals surface area contributed by atoms with Gasteiger partial charge in [0.1, 0.15) is 0 Å². The highest BCUT2D eigenvalue weighted by molar-refractivity contribution is 7.09. The van der Waals surface area contributed by atoms with Gasteiger partial charge in [-0.3, -0.25) is 4.79 Å². The van der Waals surface area contributed by atoms with Gasteiger partial charge in [-0.2, -0.15) is 0 Å². The molecule has 2 aromatic rings. The zero-order chi connectivity index (χ0) is 14.8. The molecular formula is C16H20N2O2S. The first-order valence-corrected chi connectivity index (χ1v) is 8.31. The molecule has 3 heterocycles. The van der Waals surface area contributed by atoms with Gasteiger partial charge in [0.2, 0.25) is 0 Å². The molecule has 4 nitrogen and oxygen atoms in total. The molecule has 0 radical (unpaired) electrons. The summed E-state index contributed by atoms with van der Waals surface area (Å²) < 4.78 is 5.22. The van der Waals surface area contributed by atoms with Gasteiger partial charge >= 0.3 is 0 Å². The Morgan fingerprint density at radius 2 is 2.38 bits per heavy atom. The lowest BCUT2D eigenvalue weighted by Crippen LogP contribution is -2.38. The summed E-state index contributed by atoms with van der Waals surface area (Å²) in [5, 5.41) is 3.31. The Bertz CT molecular complexity index is 604. The highest BCUT2D eigenvalue weighted by atomic mass is 32.1. The third-order valence-corrected chi connectivity index (χ3v) is 4.95. The number of likely N-dealkylation sites (tertiary alicyclic amines) is 1. The molecule has 0 aromatic carbocycles. The van der Waals surface area contributed by atoms with Gasteiger partial charge in [0.05, 0.1) is 17.0 Å². The van der Waals surface area contributed by atoms with Crippen LogP contribution >= 0.6 is 11.3 Å². The second kappa shape index (κ2) is 6.02. The molecule has 1 aliphatic rings. The van der Waals surface area contributed by atoms with Gasteiger partial charge in [-0.05, 0) is 30.9 Å². The Labute approximate surface area is 128 Å². The molecule has 2 aromatic heterocycles. The standard InChI is InChI=1S/C16H20N2O2S/c1-11(2)13-10-21-15(17-13)12-5-3-7-18(9-12)16(19)14-6-4-8-20-14/h4,6,8,10-12H,3,5,7,9H2,1-2H3. The van der Waals surface area contributed by atoms with E-state index >= 15 is 0 Å². The van der Waals surface area contributed by atoms with E-state index in [1.807, 2.05) is 4.90 Å². The number of carbonyl (C=O) groups is 1. The number of amides is 1. The SMILES string of the molecule is CC(C)c1csc(C2CCCN(C(=O)c3ccco3)C2)n1. The number of furan rings is 1. The number of piperidine rings is 1. The molecule has 1 amide bonds. The zero-order valence-corrected chi connectivity index (χ0v) is 13.2. The van der Waals surface area contributed by atoms with Gasteiger partial charge in [0.25, 0.3) is 5.91 Å². The minimum absolute atomic E-state index is 0.00895. The average molecular weight is 304 g/mol. The monoisotopic (exact) mass is 304 g/mol. The van der Waals surface area contributed by atoms with Crippen molar-refractivity contribution < 1.29 is 9.21 Å². The topological polar surface area (TPSA) is 46.3 Å². The van der Waals surface area contributed by atoms with Crippen molar-refractivity contribution in [3.63, 3.8) is 0 Å². The molecule has 0 N–H and O–H groups in total. The summed E-state index contributed by atoms with van der Waals surface area (Å²) in [6.07, 6.45) is 3.67. The lowest BCUT2D eigenvalue weighted by molar-refractivity contribution is 0.0675. The van der Waals surface area contributed by atoms with Crippen molar-refractivity contribution in [2.24, 2.45) is 0 Å². The van der Waals surface area contributed by atoms with E-state index < -0.39 is 0 Å². The predicted octanol–water partition coefficient (Wildman–Crippen LogP) is 3.88. The molecule has 1 atom stereocenters. The molecule has 0 aliphatic carbocycles. The van der Waals surface area contributed by atoms with Gasteiger partial charge in [0.15, 0.2) is 5.76 Å². The van der Waals surface area contributed by atoms with Crippen LogP contribution in [-0.4, -0.2) is 28.9 Å². The van der Waals surface area contributed by atoms with Crippen molar-refractivity contribution >= 4 is 17.2 Å². The normalized spacial score (nSPS) is 19.2. The first-order valence-electron chi connectivity index (χ1n) is 7.43. The Kier molecular flexibility index (Phi) is 4.10. The van der Waals surface area contributed by atoms with E-state index in [9.17, 15) is 4.79 Å². The molecule has 0 saturated carbocycles. The summed E-state index contributed by atoms with van der Waals surface area (Å²) in [7, 11) is 0. The van der Waals surface area contributed by atoms with Crippen LogP contribution < -0.4 is 0 Å². The quantitative estimate of drug-likeness (QED) is 0.864. The lowest BCUT2D eigenvalue weighted by Gasteiger charge is -2.31. The second-order valence-electron chi connectivity index (χ2n) is 5.83. The summed E-state index contributed by atoms with van der Waals surface area (Å²) in [5.41, 5.74) is 1.16. The van der Waals surface area contributed by atoms with E-state index in [0.29, 0.717) is 17.6 Å². The minimum Gasteiger partial charge on any atom is -0.459 e. The van der Waals surface area contributed by atoms with Crippen LogP contribution in [-0.2, 0) is 0 Å². The number of nitrogens with zero attached hydrogens (tertiary/aromatic N) is 2. The molecule has 5 heteroatoms. The summed E-state index contributed by atoms with van der Waals surface area (Å²) in [6.45, 7) is 5.86. The van der Waals surface area contributed by atoms with Crippen molar-refractivity contribution in [3.8, 4) is 0 Å². The molecule has 3 rings (SSSR count). The molecule has 0 spiro atoms. The van der Waals surface area contributed by atoms with Crippen LogP contribution in [0.5, 0.6) is 0 Å². The van der Waals surface area contributed by atoms with E-state index in [4.69, 9.17) is 9.40 Å². The van der Waals surface area contributed by atoms with Gasteiger partial charge in [0, 0.05) is 24.4 Å². The average Bonchev–Trinajstić information content (AvgIpc) is 3.18. The third-order valence-electron chi connectivity index (χ3n) is 3.92. The number of hydrogen-bond donors (Lipinski definition) is 0. The maximum Gasteiger partial charge on any atom is 0.289 e. The van der Waals surface area contributed by atoms with Crippen molar-refractivity contribution in [2.75, 3.05) is 13.1 Å². The van der Waals surface area contributed by atoms with Gasteiger partial charge < -0.3 is 9.32 Å². The van der Waals surface area contributed by atoms with Crippen LogP contribution in [0.15, 0.2) is 28.2 Å². The first kappa shape index (κ1) is 14.3. The maximum atomic E-state index is 12.4. The van der Waals surface area contributed by atoms with Crippen molar-refractivity contribution in [1.82, 2.24) is 9.88 Å². The summed E-state index contributed by atoms with van der Waals surface area (Å²) in [4.78, 5) is 19.0. The number of rotatable bonds is 3. The molecule has 1 aliphatic heterocycles. The van der Waals surface area contributed by atoms with Crippen LogP contribution in [0.3, 0.4) is 0 Å². The Balaban J connectivity index is 1.72. The molecule has 1 fully saturated rings. The number of carbonyl (C=O) groups excluding carboxylic acids is 1. The molecule has 0 bridgehead atoms. The smallest absolute Gasteiger partial charge is 0.289 e. The fourth-order valence-electron chi connectivity index (χ4n) is 2.67. The molecule has 1 saturated heterocycles. The zero-order valence-electron chi connectivity index (χ0n) is 12.4. The summed E-state index contributed by atoms with van der Waals surface area (Å²) in [5.74, 6) is 1.23. The van der Waals surface area contributed by atoms with E-state index in [-0.39, 0.29) is 5.91 Å². The van der Waals surface area contributed by atoms with Crippen molar-refractivity contribution in [2.45, 2.75) is 38.5 Å². The summed E-state index contributed by atoms with van der Waals surface area (Å²) >= 11 is 1.72. The van der Waals surface area contributed by atoms with Gasteiger partial charge in [-0.1, -0.05) is 13.8 Å². The van der Waals surface area contributed by atoms with Crippen LogP contribution in [0.4, 0.5) is 0 Å². The molecular weight excluding hydrogens is 284 g/mol. The minimum atomic E-state index is -0.00895. The van der Waals surface area contributed by atoms with E-state index in [2.05, 4.69) is 19.2 Å². The fraction of sp³-hybridized carbons (Fsp3) is 0.500. The van der Waals surface area contributed by atoms with Crippen LogP contribution in [0, 0.1) is 0 Å². The maximum absolute atomic E-state index is 12.4. The number of aromatic nitrogens is 1. The number of thiazole rings is 1. The molecule has 21 heavy (non-hydrogen) atoms. The highest BCUT2D eigenvalue weighted by Crippen LogP contribution is 2.31. The predicted molar refractivity (Wildman–Crippen MR) is 82.8 cm³/mol.